The Kier molecular flexibility index (Phi) is 6.02. The van der Waals surface area contributed by atoms with Crippen molar-refractivity contribution in [2.75, 3.05) is 11.1 Å². The van der Waals surface area contributed by atoms with Crippen LogP contribution in [0.1, 0.15) is 47.7 Å². The van der Waals surface area contributed by atoms with E-state index in [0.717, 1.165) is 24.1 Å². The molecule has 0 aliphatic rings. The van der Waals surface area contributed by atoms with E-state index in [1.54, 1.807) is 0 Å². The van der Waals surface area contributed by atoms with E-state index in [1.165, 1.54) is 16.7 Å². The zero-order chi connectivity index (χ0) is 18.6. The lowest BCUT2D eigenvalue weighted by atomic mass is 9.98. The molecule has 2 rings (SSSR count). The number of hydrogen-bond acceptors (Lipinski definition) is 5. The van der Waals surface area contributed by atoms with Crippen molar-refractivity contribution in [2.45, 2.75) is 53.0 Å². The summed E-state index contributed by atoms with van der Waals surface area (Å²) in [6.45, 7) is 11.9. The molecule has 0 aliphatic carbocycles. The van der Waals surface area contributed by atoms with Crippen molar-refractivity contribution in [2.24, 2.45) is 0 Å². The van der Waals surface area contributed by atoms with Gasteiger partial charge in [-0.25, -0.2) is 4.98 Å². The molecule has 134 valence electrons. The van der Waals surface area contributed by atoms with Crippen LogP contribution in [0.25, 0.3) is 0 Å². The quantitative estimate of drug-likeness (QED) is 0.657. The third kappa shape index (κ3) is 4.72. The molecule has 5 nitrogen and oxygen atoms in total. The average Bonchev–Trinajstić information content (AvgIpc) is 2.51. The van der Waals surface area contributed by atoms with Gasteiger partial charge in [0.15, 0.2) is 0 Å². The fourth-order valence-electron chi connectivity index (χ4n) is 2.96. The van der Waals surface area contributed by atoms with Gasteiger partial charge in [-0.3, -0.25) is 0 Å². The van der Waals surface area contributed by atoms with Gasteiger partial charge in [0.25, 0.3) is 0 Å². The Morgan fingerprint density at radius 3 is 2.60 bits per heavy atom. The second-order valence-corrected chi connectivity index (χ2v) is 6.58. The van der Waals surface area contributed by atoms with Gasteiger partial charge in [-0.15, -0.1) is 0 Å². The van der Waals surface area contributed by atoms with Gasteiger partial charge >= 0.3 is 0 Å². The topological polar surface area (TPSA) is 84.1 Å². The molecule has 1 atom stereocenters. The summed E-state index contributed by atoms with van der Waals surface area (Å²) in [5.74, 6) is 0.996. The van der Waals surface area contributed by atoms with E-state index < -0.39 is 0 Å². The van der Waals surface area contributed by atoms with E-state index in [2.05, 4.69) is 60.8 Å². The molecule has 0 amide bonds. The highest BCUT2D eigenvalue weighted by molar-refractivity contribution is 5.53. The minimum Gasteiger partial charge on any atom is -0.511 e. The number of aryl methyl sites for hydroxylation is 3. The summed E-state index contributed by atoms with van der Waals surface area (Å²) in [6.07, 6.45) is 2.39. The Bertz CT molecular complexity index is 771. The standard InChI is InChI=1S/C20H28N4O/c1-6-7-18(15(5)25)23-19-17(14(4)22-20(21)24-19)11-16-9-8-12(2)10-13(16)3/h8-10,18,25H,5-7,11H2,1-4H3,(H3,21,22,23,24). The van der Waals surface area contributed by atoms with Crippen molar-refractivity contribution in [3.8, 4) is 0 Å². The molecule has 1 aromatic heterocycles. The molecule has 2 aromatic rings. The average molecular weight is 340 g/mol. The molecule has 5 heteroatoms. The molecule has 1 unspecified atom stereocenters. The number of aromatic nitrogens is 2. The van der Waals surface area contributed by atoms with E-state index >= 15 is 0 Å². The zero-order valence-electron chi connectivity index (χ0n) is 15.6. The molecule has 1 aromatic carbocycles. The summed E-state index contributed by atoms with van der Waals surface area (Å²) in [7, 11) is 0. The van der Waals surface area contributed by atoms with Gasteiger partial charge in [0.2, 0.25) is 5.95 Å². The first-order valence-corrected chi connectivity index (χ1v) is 8.65. The molecule has 0 radical (unpaired) electrons. The number of rotatable bonds is 7. The maximum atomic E-state index is 9.87. The summed E-state index contributed by atoms with van der Waals surface area (Å²) >= 11 is 0. The molecular weight excluding hydrogens is 312 g/mol. The van der Waals surface area contributed by atoms with Crippen LogP contribution in [0.4, 0.5) is 11.8 Å². The van der Waals surface area contributed by atoms with Crippen LogP contribution < -0.4 is 11.1 Å². The highest BCUT2D eigenvalue weighted by Gasteiger charge is 2.17. The maximum Gasteiger partial charge on any atom is 0.222 e. The Labute approximate surface area is 150 Å². The largest absolute Gasteiger partial charge is 0.511 e. The minimum absolute atomic E-state index is 0.106. The Morgan fingerprint density at radius 1 is 1.28 bits per heavy atom. The Morgan fingerprint density at radius 2 is 2.00 bits per heavy atom. The number of benzene rings is 1. The van der Waals surface area contributed by atoms with Gasteiger partial charge in [-0.1, -0.05) is 43.7 Å². The van der Waals surface area contributed by atoms with E-state index in [0.29, 0.717) is 12.2 Å². The van der Waals surface area contributed by atoms with Crippen LogP contribution in [-0.2, 0) is 6.42 Å². The number of hydrogen-bond donors (Lipinski definition) is 3. The maximum absolute atomic E-state index is 9.87. The smallest absolute Gasteiger partial charge is 0.222 e. The monoisotopic (exact) mass is 340 g/mol. The second kappa shape index (κ2) is 8.01. The predicted molar refractivity (Wildman–Crippen MR) is 104 cm³/mol. The van der Waals surface area contributed by atoms with Crippen LogP contribution in [0.15, 0.2) is 30.5 Å². The lowest BCUT2D eigenvalue weighted by Crippen LogP contribution is -2.24. The molecule has 1 heterocycles. The number of anilines is 2. The first-order chi connectivity index (χ1) is 11.8. The molecule has 0 spiro atoms. The molecule has 0 saturated carbocycles. The summed E-state index contributed by atoms with van der Waals surface area (Å²) in [5, 5.41) is 13.2. The number of nitrogen functional groups attached to an aromatic ring is 1. The number of aliphatic hydroxyl groups is 1. The van der Waals surface area contributed by atoms with E-state index in [4.69, 9.17) is 5.73 Å². The predicted octanol–water partition coefficient (Wildman–Crippen LogP) is 4.23. The summed E-state index contributed by atoms with van der Waals surface area (Å²) in [4.78, 5) is 8.70. The van der Waals surface area contributed by atoms with Gasteiger partial charge in [-0.05, 0) is 38.3 Å². The summed E-state index contributed by atoms with van der Waals surface area (Å²) < 4.78 is 0. The van der Waals surface area contributed by atoms with Crippen LogP contribution in [0, 0.1) is 20.8 Å². The van der Waals surface area contributed by atoms with E-state index in [1.807, 2.05) is 6.92 Å². The highest BCUT2D eigenvalue weighted by Crippen LogP contribution is 2.25. The van der Waals surface area contributed by atoms with Crippen LogP contribution in [0.3, 0.4) is 0 Å². The third-order valence-corrected chi connectivity index (χ3v) is 4.39. The molecule has 0 saturated heterocycles. The molecule has 0 bridgehead atoms. The van der Waals surface area contributed by atoms with Crippen molar-refractivity contribution in [3.63, 3.8) is 0 Å². The number of aliphatic hydroxyl groups excluding tert-OH is 1. The highest BCUT2D eigenvalue weighted by atomic mass is 16.3. The van der Waals surface area contributed by atoms with Gasteiger partial charge < -0.3 is 16.2 Å². The zero-order valence-corrected chi connectivity index (χ0v) is 15.6. The Balaban J connectivity index is 2.41. The van der Waals surface area contributed by atoms with Crippen LogP contribution in [0.2, 0.25) is 0 Å². The molecular formula is C20H28N4O. The van der Waals surface area contributed by atoms with Gasteiger partial charge in [0, 0.05) is 17.7 Å². The second-order valence-electron chi connectivity index (χ2n) is 6.58. The van der Waals surface area contributed by atoms with Crippen molar-refractivity contribution in [1.29, 1.82) is 0 Å². The molecule has 25 heavy (non-hydrogen) atoms. The molecule has 4 N–H and O–H groups in total. The normalized spacial score (nSPS) is 12.0. The van der Waals surface area contributed by atoms with Gasteiger partial charge in [0.05, 0.1) is 6.04 Å². The van der Waals surface area contributed by atoms with E-state index in [-0.39, 0.29) is 17.7 Å². The first kappa shape index (κ1) is 18.8. The number of nitrogens with two attached hydrogens (primary N) is 1. The lowest BCUT2D eigenvalue weighted by Gasteiger charge is -2.21. The van der Waals surface area contributed by atoms with Crippen molar-refractivity contribution >= 4 is 11.8 Å². The number of nitrogens with zero attached hydrogens (tertiary/aromatic N) is 2. The van der Waals surface area contributed by atoms with Crippen molar-refractivity contribution < 1.29 is 5.11 Å². The molecule has 0 fully saturated rings. The number of nitrogens with one attached hydrogen (secondary N) is 1. The first-order valence-electron chi connectivity index (χ1n) is 8.65. The van der Waals surface area contributed by atoms with Crippen LogP contribution in [0.5, 0.6) is 0 Å². The van der Waals surface area contributed by atoms with Crippen molar-refractivity contribution in [1.82, 2.24) is 9.97 Å². The SMILES string of the molecule is C=C(O)C(CCC)Nc1nc(N)nc(C)c1Cc1ccc(C)cc1C. The van der Waals surface area contributed by atoms with Crippen LogP contribution in [-0.4, -0.2) is 21.1 Å². The summed E-state index contributed by atoms with van der Waals surface area (Å²) in [5.41, 5.74) is 11.4. The van der Waals surface area contributed by atoms with Gasteiger partial charge in [0.1, 0.15) is 11.6 Å². The van der Waals surface area contributed by atoms with E-state index in [9.17, 15) is 5.11 Å². The summed E-state index contributed by atoms with van der Waals surface area (Å²) in [6, 6.07) is 6.17. The third-order valence-electron chi connectivity index (χ3n) is 4.39. The lowest BCUT2D eigenvalue weighted by molar-refractivity contribution is 0.370. The van der Waals surface area contributed by atoms with Gasteiger partial charge in [-0.2, -0.15) is 4.98 Å². The Hall–Kier alpha value is -2.56. The van der Waals surface area contributed by atoms with Crippen LogP contribution >= 0.6 is 0 Å². The van der Waals surface area contributed by atoms with Crippen molar-refractivity contribution in [3.05, 3.63) is 58.5 Å². The fourth-order valence-corrected chi connectivity index (χ4v) is 2.96. The fraction of sp³-hybridized carbons (Fsp3) is 0.400. The minimum atomic E-state index is -0.253. The molecule has 0 aliphatic heterocycles.